The highest BCUT2D eigenvalue weighted by Crippen LogP contribution is 2.35. The van der Waals surface area contributed by atoms with Crippen LogP contribution in [0.25, 0.3) is 0 Å². The zero-order valence-electron chi connectivity index (χ0n) is 13.8. The summed E-state index contributed by atoms with van der Waals surface area (Å²) in [6, 6.07) is 10.7. The first kappa shape index (κ1) is 15.3. The largest absolute Gasteiger partial charge is 0.354 e. The van der Waals surface area contributed by atoms with Gasteiger partial charge in [0, 0.05) is 23.1 Å². The Morgan fingerprint density at radius 1 is 1.26 bits per heavy atom. The predicted molar refractivity (Wildman–Crippen MR) is 96.1 cm³/mol. The number of piperidine rings is 1. The lowest BCUT2D eigenvalue weighted by atomic mass is 9.85. The number of rotatable bonds is 3. The second-order valence-corrected chi connectivity index (χ2v) is 7.87. The fourth-order valence-corrected chi connectivity index (χ4v) is 4.80. The summed E-state index contributed by atoms with van der Waals surface area (Å²) in [5, 5.41) is 4.47. The Hall–Kier alpha value is -1.22. The summed E-state index contributed by atoms with van der Waals surface area (Å²) in [4.78, 5) is 7.68. The lowest BCUT2D eigenvalue weighted by molar-refractivity contribution is 0.102. The molecule has 124 valence electrons. The molecule has 2 saturated heterocycles. The van der Waals surface area contributed by atoms with Crippen molar-refractivity contribution in [1.29, 1.82) is 0 Å². The van der Waals surface area contributed by atoms with Gasteiger partial charge in [-0.25, -0.2) is 4.99 Å². The van der Waals surface area contributed by atoms with Gasteiger partial charge in [0.2, 0.25) is 0 Å². The monoisotopic (exact) mass is 331 g/mol. The summed E-state index contributed by atoms with van der Waals surface area (Å²) < 4.78 is 0. The van der Waals surface area contributed by atoms with Crippen molar-refractivity contribution in [3.05, 3.63) is 34.9 Å². The highest BCUT2D eigenvalue weighted by molar-refractivity contribution is 6.30. The zero-order valence-corrected chi connectivity index (χ0v) is 14.6. The maximum absolute atomic E-state index is 6.10. The molecule has 3 aliphatic rings. The number of aliphatic imine (C=N–C) groups is 1. The van der Waals surface area contributed by atoms with E-state index in [9.17, 15) is 0 Å². The Labute approximate surface area is 144 Å². The highest BCUT2D eigenvalue weighted by atomic mass is 35.5. The predicted octanol–water partition coefficient (Wildman–Crippen LogP) is 4.01. The molecule has 3 heterocycles. The minimum Gasteiger partial charge on any atom is -0.354 e. The molecule has 0 amide bonds. The van der Waals surface area contributed by atoms with Crippen LogP contribution in [-0.4, -0.2) is 35.0 Å². The van der Waals surface area contributed by atoms with E-state index in [0.717, 1.165) is 23.9 Å². The van der Waals surface area contributed by atoms with Crippen LogP contribution >= 0.6 is 11.6 Å². The molecule has 4 atom stereocenters. The van der Waals surface area contributed by atoms with Gasteiger partial charge in [0.25, 0.3) is 0 Å². The maximum atomic E-state index is 6.10. The van der Waals surface area contributed by atoms with E-state index in [-0.39, 0.29) is 0 Å². The third-order valence-corrected chi connectivity index (χ3v) is 5.85. The van der Waals surface area contributed by atoms with Gasteiger partial charge < -0.3 is 10.2 Å². The molecule has 0 saturated carbocycles. The van der Waals surface area contributed by atoms with E-state index in [1.54, 1.807) is 0 Å². The van der Waals surface area contributed by atoms with Crippen molar-refractivity contribution >= 4 is 17.6 Å². The quantitative estimate of drug-likeness (QED) is 0.906. The molecule has 0 aromatic heterocycles. The van der Waals surface area contributed by atoms with Crippen molar-refractivity contribution in [3.8, 4) is 0 Å². The molecule has 3 aliphatic heterocycles. The van der Waals surface area contributed by atoms with Gasteiger partial charge in [-0.2, -0.15) is 0 Å². The molecule has 4 rings (SSSR count). The molecule has 0 aliphatic carbocycles. The van der Waals surface area contributed by atoms with Gasteiger partial charge in [-0.3, -0.25) is 0 Å². The van der Waals surface area contributed by atoms with Crippen molar-refractivity contribution in [3.63, 3.8) is 0 Å². The summed E-state index contributed by atoms with van der Waals surface area (Å²) in [6.45, 7) is 2.29. The van der Waals surface area contributed by atoms with Gasteiger partial charge >= 0.3 is 0 Å². The maximum Gasteiger partial charge on any atom is 0.194 e. The Morgan fingerprint density at radius 2 is 2.09 bits per heavy atom. The Bertz CT molecular complexity index is 600. The molecule has 1 N–H and O–H groups in total. The number of benzene rings is 1. The third kappa shape index (κ3) is 3.21. The number of hydrogen-bond donors (Lipinski definition) is 1. The molecule has 23 heavy (non-hydrogen) atoms. The molecule has 0 spiro atoms. The van der Waals surface area contributed by atoms with Crippen molar-refractivity contribution in [2.45, 2.75) is 76.0 Å². The van der Waals surface area contributed by atoms with Crippen molar-refractivity contribution in [2.75, 3.05) is 0 Å². The Morgan fingerprint density at radius 3 is 2.91 bits per heavy atom. The highest BCUT2D eigenvalue weighted by Gasteiger charge is 2.40. The topological polar surface area (TPSA) is 27.6 Å². The van der Waals surface area contributed by atoms with Crippen LogP contribution in [0.3, 0.4) is 0 Å². The second-order valence-electron chi connectivity index (χ2n) is 7.44. The molecule has 0 unspecified atom stereocenters. The smallest absolute Gasteiger partial charge is 0.194 e. The van der Waals surface area contributed by atoms with E-state index in [1.165, 1.54) is 43.6 Å². The summed E-state index contributed by atoms with van der Waals surface area (Å²) in [5.74, 6) is 1.18. The van der Waals surface area contributed by atoms with Gasteiger partial charge in [-0.1, -0.05) is 23.7 Å². The van der Waals surface area contributed by atoms with Crippen molar-refractivity contribution < 1.29 is 0 Å². The first-order valence-electron chi connectivity index (χ1n) is 9.06. The van der Waals surface area contributed by atoms with Crippen LogP contribution in [0.5, 0.6) is 0 Å². The molecule has 2 fully saturated rings. The minimum atomic E-state index is 0.446. The average Bonchev–Trinajstić information content (AvgIpc) is 2.53. The van der Waals surface area contributed by atoms with E-state index in [0.29, 0.717) is 18.1 Å². The molecule has 4 heteroatoms. The van der Waals surface area contributed by atoms with E-state index < -0.39 is 0 Å². The number of guanidine groups is 1. The normalized spacial score (nSPS) is 32.8. The van der Waals surface area contributed by atoms with Gasteiger partial charge in [-0.05, 0) is 69.6 Å². The SMILES string of the molecule is C[C@@H]1C[C@@H]2CCC[C@@H]3C[C@H](CCc4cccc(Cl)c4)N=C(N1)N32. The van der Waals surface area contributed by atoms with Crippen LogP contribution in [0.1, 0.15) is 51.0 Å². The fourth-order valence-electron chi connectivity index (χ4n) is 4.59. The van der Waals surface area contributed by atoms with Crippen LogP contribution in [0.2, 0.25) is 5.02 Å². The number of nitrogens with zero attached hydrogens (tertiary/aromatic N) is 2. The Balaban J connectivity index is 1.47. The molecule has 1 aromatic carbocycles. The first-order valence-corrected chi connectivity index (χ1v) is 9.44. The number of hydrogen-bond acceptors (Lipinski definition) is 3. The molecule has 3 nitrogen and oxygen atoms in total. The second kappa shape index (κ2) is 6.35. The lowest BCUT2D eigenvalue weighted by Gasteiger charge is -2.52. The number of halogens is 1. The van der Waals surface area contributed by atoms with Gasteiger partial charge in [0.15, 0.2) is 5.96 Å². The zero-order chi connectivity index (χ0) is 15.8. The molecular weight excluding hydrogens is 306 g/mol. The third-order valence-electron chi connectivity index (χ3n) is 5.61. The van der Waals surface area contributed by atoms with Crippen LogP contribution in [-0.2, 0) is 6.42 Å². The van der Waals surface area contributed by atoms with Crippen LogP contribution in [0.15, 0.2) is 29.3 Å². The van der Waals surface area contributed by atoms with Crippen LogP contribution in [0, 0.1) is 0 Å². The van der Waals surface area contributed by atoms with Crippen molar-refractivity contribution in [1.82, 2.24) is 10.2 Å². The van der Waals surface area contributed by atoms with E-state index in [4.69, 9.17) is 16.6 Å². The van der Waals surface area contributed by atoms with E-state index in [2.05, 4.69) is 29.3 Å². The summed E-state index contributed by atoms with van der Waals surface area (Å²) in [5.41, 5.74) is 1.33. The molecule has 0 radical (unpaired) electrons. The molecule has 0 bridgehead atoms. The van der Waals surface area contributed by atoms with Gasteiger partial charge in [-0.15, -0.1) is 0 Å². The lowest BCUT2D eigenvalue weighted by Crippen LogP contribution is -2.64. The van der Waals surface area contributed by atoms with Gasteiger partial charge in [0.1, 0.15) is 0 Å². The Kier molecular flexibility index (Phi) is 4.23. The summed E-state index contributed by atoms with van der Waals surface area (Å²) >= 11 is 6.10. The standard InChI is InChI=1S/C19H26ClN3/c1-13-10-17-6-3-7-18-12-16(22-19(21-13)23(17)18)9-8-14-4-2-5-15(20)11-14/h2,4-5,11,13,16-18H,3,6-10,12H2,1H3,(H,21,22)/t13-,16+,17+,18-/m1/s1. The minimum absolute atomic E-state index is 0.446. The van der Waals surface area contributed by atoms with E-state index >= 15 is 0 Å². The number of aryl methyl sites for hydroxylation is 1. The molecule has 1 aromatic rings. The summed E-state index contributed by atoms with van der Waals surface area (Å²) in [6.07, 6.45) is 8.72. The first-order chi connectivity index (χ1) is 11.2. The van der Waals surface area contributed by atoms with Crippen LogP contribution < -0.4 is 5.32 Å². The van der Waals surface area contributed by atoms with Gasteiger partial charge in [0.05, 0.1) is 6.04 Å². The summed E-state index contributed by atoms with van der Waals surface area (Å²) in [7, 11) is 0. The average molecular weight is 332 g/mol. The fraction of sp³-hybridized carbons (Fsp3) is 0.632. The van der Waals surface area contributed by atoms with Crippen molar-refractivity contribution in [2.24, 2.45) is 4.99 Å². The van der Waals surface area contributed by atoms with E-state index in [1.807, 2.05) is 12.1 Å². The molecular formula is C19H26ClN3. The number of nitrogens with one attached hydrogen (secondary N) is 1. The van der Waals surface area contributed by atoms with Crippen LogP contribution in [0.4, 0.5) is 0 Å².